The van der Waals surface area contributed by atoms with E-state index in [1.807, 2.05) is 25.1 Å². The second kappa shape index (κ2) is 14.6. The number of esters is 1. The Kier molecular flexibility index (Phi) is 12.2. The molecule has 1 aromatic carbocycles. The number of Topliss-reactive ketones (excluding diaryl/α,β-unsaturated/α-hetero) is 1. The van der Waals surface area contributed by atoms with Crippen molar-refractivity contribution < 1.29 is 19.4 Å². The van der Waals surface area contributed by atoms with Gasteiger partial charge in [-0.2, -0.15) is 0 Å². The molecule has 5 nitrogen and oxygen atoms in total. The molecule has 2 heterocycles. The van der Waals surface area contributed by atoms with E-state index < -0.39 is 23.6 Å². The standard InChI is InChI=1S/C30H43NO4S.C2H2/c1-7-9-23-16-20(3)11-8-10-19(2)12-14-25(22-13-15-26-24(17-22)31-21(4)36-26)35-28(33)18-27(32)30(5,6)29(23)34;1-2/h7,13,15,17,19-20,23,25,27,32H,1,8-12,14,16,18H2,2-6H3;1-2H/t19-,20-,23+,25-,27-;/m0./s1. The maximum atomic E-state index is 13.5. The third-order valence-electron chi connectivity index (χ3n) is 7.82. The van der Waals surface area contributed by atoms with Gasteiger partial charge in [0.15, 0.2) is 0 Å². The molecule has 0 radical (unpaired) electrons. The number of nitrogens with zero attached hydrogens (tertiary/aromatic N) is 1. The summed E-state index contributed by atoms with van der Waals surface area (Å²) in [5, 5.41) is 12.0. The zero-order valence-electron chi connectivity index (χ0n) is 23.7. The van der Waals surface area contributed by atoms with Crippen LogP contribution in [-0.2, 0) is 14.3 Å². The second-order valence-electron chi connectivity index (χ2n) is 11.4. The van der Waals surface area contributed by atoms with Crippen LogP contribution in [0, 0.1) is 42.9 Å². The molecule has 208 valence electrons. The minimum Gasteiger partial charge on any atom is -0.457 e. The van der Waals surface area contributed by atoms with E-state index in [2.05, 4.69) is 38.3 Å². The number of carbonyl (C=O) groups is 2. The van der Waals surface area contributed by atoms with E-state index in [0.717, 1.165) is 59.3 Å². The Morgan fingerprint density at radius 1 is 1.16 bits per heavy atom. The Morgan fingerprint density at radius 2 is 1.84 bits per heavy atom. The molecule has 0 unspecified atom stereocenters. The highest BCUT2D eigenvalue weighted by atomic mass is 32.1. The fourth-order valence-electron chi connectivity index (χ4n) is 5.37. The van der Waals surface area contributed by atoms with Gasteiger partial charge in [0.25, 0.3) is 0 Å². The predicted octanol–water partition coefficient (Wildman–Crippen LogP) is 7.60. The molecule has 2 aromatic rings. The molecule has 1 saturated heterocycles. The number of aliphatic hydroxyl groups is 1. The number of carbonyl (C=O) groups excluding carboxylic acids is 2. The molecule has 1 aromatic heterocycles. The minimum absolute atomic E-state index is 0.00378. The van der Waals surface area contributed by atoms with E-state index in [4.69, 9.17) is 4.74 Å². The lowest BCUT2D eigenvalue weighted by molar-refractivity contribution is -0.156. The summed E-state index contributed by atoms with van der Waals surface area (Å²) in [5.41, 5.74) is 0.795. The maximum Gasteiger partial charge on any atom is 0.309 e. The van der Waals surface area contributed by atoms with Gasteiger partial charge in [0.1, 0.15) is 11.9 Å². The van der Waals surface area contributed by atoms with Crippen LogP contribution in [0.25, 0.3) is 10.2 Å². The normalized spacial score (nSPS) is 27.6. The predicted molar refractivity (Wildman–Crippen MR) is 157 cm³/mol. The lowest BCUT2D eigenvalue weighted by atomic mass is 9.72. The lowest BCUT2D eigenvalue weighted by Gasteiger charge is -2.33. The van der Waals surface area contributed by atoms with Crippen molar-refractivity contribution >= 4 is 33.3 Å². The van der Waals surface area contributed by atoms with Crippen LogP contribution in [0.2, 0.25) is 0 Å². The highest BCUT2D eigenvalue weighted by molar-refractivity contribution is 7.18. The van der Waals surface area contributed by atoms with Gasteiger partial charge < -0.3 is 9.84 Å². The number of hydrogen-bond donors (Lipinski definition) is 1. The number of rotatable bonds is 3. The van der Waals surface area contributed by atoms with Crippen LogP contribution in [0.5, 0.6) is 0 Å². The first kappa shape index (κ1) is 31.7. The molecule has 0 bridgehead atoms. The number of cyclic esters (lactones) is 1. The van der Waals surface area contributed by atoms with Gasteiger partial charge in [-0.1, -0.05) is 59.1 Å². The number of terminal acetylenes is 1. The first-order chi connectivity index (χ1) is 18.0. The quantitative estimate of drug-likeness (QED) is 0.247. The van der Waals surface area contributed by atoms with Crippen LogP contribution in [0.3, 0.4) is 0 Å². The zero-order chi connectivity index (χ0) is 28.5. The topological polar surface area (TPSA) is 76.5 Å². The number of aliphatic hydroxyl groups excluding tert-OH is 1. The molecule has 1 N–H and O–H groups in total. The monoisotopic (exact) mass is 539 g/mol. The van der Waals surface area contributed by atoms with Crippen LogP contribution in [0.1, 0.15) is 95.7 Å². The molecular formula is C32H45NO4S. The number of thiazole rings is 1. The van der Waals surface area contributed by atoms with E-state index in [0.29, 0.717) is 18.3 Å². The van der Waals surface area contributed by atoms with E-state index >= 15 is 0 Å². The average molecular weight is 540 g/mol. The molecule has 0 spiro atoms. The van der Waals surface area contributed by atoms with Gasteiger partial charge in [-0.25, -0.2) is 4.98 Å². The number of hydrogen-bond acceptors (Lipinski definition) is 6. The summed E-state index contributed by atoms with van der Waals surface area (Å²) in [6.45, 7) is 13.8. The number of aromatic nitrogens is 1. The number of ketones is 1. The van der Waals surface area contributed by atoms with Gasteiger partial charge in [-0.05, 0) is 62.1 Å². The molecule has 5 atom stereocenters. The SMILES string of the molecule is C#C.C=CC[C@@H]1C[C@@H](C)CCC[C@H](C)CC[C@@H](c2ccc3sc(C)nc3c2)OC(=O)C[C@H](O)C(C)(C)C1=O. The molecule has 6 heteroatoms. The number of benzene rings is 1. The number of ether oxygens (including phenoxy) is 1. The molecule has 38 heavy (non-hydrogen) atoms. The highest BCUT2D eigenvalue weighted by Crippen LogP contribution is 2.35. The first-order valence-electron chi connectivity index (χ1n) is 13.7. The molecule has 3 rings (SSSR count). The van der Waals surface area contributed by atoms with Gasteiger partial charge in [-0.15, -0.1) is 30.8 Å². The maximum absolute atomic E-state index is 13.5. The molecule has 0 saturated carbocycles. The summed E-state index contributed by atoms with van der Waals surface area (Å²) in [7, 11) is 0. The Labute approximate surface area is 233 Å². The van der Waals surface area contributed by atoms with E-state index in [1.54, 1.807) is 31.3 Å². The van der Waals surface area contributed by atoms with Gasteiger partial charge in [-0.3, -0.25) is 9.59 Å². The smallest absolute Gasteiger partial charge is 0.309 e. The van der Waals surface area contributed by atoms with Crippen LogP contribution >= 0.6 is 11.3 Å². The van der Waals surface area contributed by atoms with Crippen molar-refractivity contribution in [2.45, 2.75) is 98.2 Å². The molecule has 1 aliphatic rings. The van der Waals surface area contributed by atoms with E-state index in [9.17, 15) is 14.7 Å². The van der Waals surface area contributed by atoms with Crippen molar-refractivity contribution in [3.63, 3.8) is 0 Å². The summed E-state index contributed by atoms with van der Waals surface area (Å²) < 4.78 is 7.09. The summed E-state index contributed by atoms with van der Waals surface area (Å²) >= 11 is 1.65. The number of allylic oxidation sites excluding steroid dienone is 1. The Hall–Kier alpha value is -2.49. The van der Waals surface area contributed by atoms with Crippen molar-refractivity contribution in [2.24, 2.45) is 23.2 Å². The Balaban J connectivity index is 0.00000247. The van der Waals surface area contributed by atoms with Crippen molar-refractivity contribution in [3.8, 4) is 12.8 Å². The fourth-order valence-corrected chi connectivity index (χ4v) is 6.18. The molecular weight excluding hydrogens is 494 g/mol. The largest absolute Gasteiger partial charge is 0.457 e. The van der Waals surface area contributed by atoms with Crippen LogP contribution in [0.15, 0.2) is 30.9 Å². The fraction of sp³-hybridized carbons (Fsp3) is 0.594. The third-order valence-corrected chi connectivity index (χ3v) is 8.77. The number of aryl methyl sites for hydroxylation is 1. The zero-order valence-corrected chi connectivity index (χ0v) is 24.6. The van der Waals surface area contributed by atoms with Crippen LogP contribution < -0.4 is 0 Å². The van der Waals surface area contributed by atoms with Crippen molar-refractivity contribution in [1.82, 2.24) is 4.98 Å². The van der Waals surface area contributed by atoms with Gasteiger partial charge in [0, 0.05) is 5.92 Å². The molecule has 1 aliphatic heterocycles. The summed E-state index contributed by atoms with van der Waals surface area (Å²) in [5.74, 6) is 0.237. The van der Waals surface area contributed by atoms with Crippen molar-refractivity contribution in [2.75, 3.05) is 0 Å². The van der Waals surface area contributed by atoms with Gasteiger partial charge >= 0.3 is 5.97 Å². The van der Waals surface area contributed by atoms with Gasteiger partial charge in [0.2, 0.25) is 0 Å². The average Bonchev–Trinajstić information content (AvgIpc) is 3.25. The lowest BCUT2D eigenvalue weighted by Crippen LogP contribution is -2.42. The summed E-state index contributed by atoms with van der Waals surface area (Å²) in [4.78, 5) is 31.2. The van der Waals surface area contributed by atoms with E-state index in [-0.39, 0.29) is 18.1 Å². The Morgan fingerprint density at radius 3 is 2.53 bits per heavy atom. The third kappa shape index (κ3) is 8.51. The van der Waals surface area contributed by atoms with E-state index in [1.165, 1.54) is 0 Å². The van der Waals surface area contributed by atoms with Crippen LogP contribution in [-0.4, -0.2) is 27.9 Å². The first-order valence-corrected chi connectivity index (χ1v) is 14.6. The minimum atomic E-state index is -1.11. The Bertz CT molecular complexity index is 1100. The second-order valence-corrected chi connectivity index (χ2v) is 12.7. The van der Waals surface area contributed by atoms with Crippen LogP contribution in [0.4, 0.5) is 0 Å². The van der Waals surface area contributed by atoms with Crippen molar-refractivity contribution in [1.29, 1.82) is 0 Å². The number of fused-ring (bicyclic) bond motifs is 1. The molecule has 0 aliphatic carbocycles. The molecule has 0 amide bonds. The highest BCUT2D eigenvalue weighted by Gasteiger charge is 2.41. The molecule has 1 fully saturated rings. The van der Waals surface area contributed by atoms with Crippen molar-refractivity contribution in [3.05, 3.63) is 41.4 Å². The summed E-state index contributed by atoms with van der Waals surface area (Å²) in [6, 6.07) is 6.08. The summed E-state index contributed by atoms with van der Waals surface area (Å²) in [6.07, 6.45) is 14.4. The van der Waals surface area contributed by atoms with Gasteiger partial charge in [0.05, 0.1) is 33.2 Å².